The number of aliphatic hydroxyl groups is 2. The van der Waals surface area contributed by atoms with Gasteiger partial charge in [-0.3, -0.25) is 4.48 Å². The lowest BCUT2D eigenvalue weighted by Gasteiger charge is -2.46. The minimum atomic E-state index is -4.94. The molecule has 0 rings (SSSR count). The Morgan fingerprint density at radius 3 is 1.05 bits per heavy atom. The van der Waals surface area contributed by atoms with Gasteiger partial charge in [0.1, 0.15) is 0 Å². The number of unbranched alkanes of at least 4 members (excludes halogenated alkanes) is 15. The second-order valence-electron chi connectivity index (χ2n) is 10.5. The van der Waals surface area contributed by atoms with Crippen molar-refractivity contribution < 1.29 is 53.0 Å². The average Bonchev–Trinajstić information content (AvgIpc) is 2.79. The summed E-state index contributed by atoms with van der Waals surface area (Å²) in [4.78, 5) is 0. The van der Waals surface area contributed by atoms with Crippen molar-refractivity contribution in [2.75, 3.05) is 13.1 Å². The van der Waals surface area contributed by atoms with Crippen LogP contribution < -0.4 is 18.6 Å². The normalized spacial score (nSPS) is 16.7. The van der Waals surface area contributed by atoms with Crippen LogP contribution in [0.3, 0.4) is 0 Å². The highest BCUT2D eigenvalue weighted by Gasteiger charge is 2.40. The lowest BCUT2D eigenvalue weighted by molar-refractivity contribution is -2.00. The van der Waals surface area contributed by atoms with E-state index in [0.717, 1.165) is 19.5 Å². The lowest BCUT2D eigenvalue weighted by atomic mass is 10.0. The van der Waals surface area contributed by atoms with Gasteiger partial charge in [-0.25, -0.2) is 18.6 Å². The van der Waals surface area contributed by atoms with Crippen molar-refractivity contribution in [2.45, 2.75) is 169 Å². The number of hydrogen-bond acceptors (Lipinski definition) is 8. The maximum atomic E-state index is 9.74. The zero-order valence-corrected chi connectivity index (χ0v) is 26.0. The van der Waals surface area contributed by atoms with Gasteiger partial charge in [0, 0.05) is 13.8 Å². The quantitative estimate of drug-likeness (QED) is 0.102. The van der Waals surface area contributed by atoms with Gasteiger partial charge in [-0.1, -0.05) is 96.8 Å². The molecule has 0 aromatic rings. The van der Waals surface area contributed by atoms with Gasteiger partial charge < -0.3 is 19.7 Å². The van der Waals surface area contributed by atoms with Gasteiger partial charge in [0.2, 0.25) is 0 Å². The number of ether oxygens (including phenoxy) is 2. The lowest BCUT2D eigenvalue weighted by Crippen LogP contribution is -2.68. The molecular formula is C28H60ClNO8. The van der Waals surface area contributed by atoms with E-state index in [1.807, 2.05) is 13.8 Å². The van der Waals surface area contributed by atoms with Gasteiger partial charge in [-0.05, 0) is 33.6 Å². The summed E-state index contributed by atoms with van der Waals surface area (Å²) in [5, 5.41) is 19.5. The second-order valence-corrected chi connectivity index (χ2v) is 11.2. The predicted octanol–water partition coefficient (Wildman–Crippen LogP) is 2.73. The zero-order valence-electron chi connectivity index (χ0n) is 25.2. The first-order valence-corrected chi connectivity index (χ1v) is 16.2. The van der Waals surface area contributed by atoms with Crippen molar-refractivity contribution in [1.29, 1.82) is 0 Å². The molecule has 0 radical (unpaired) electrons. The van der Waals surface area contributed by atoms with Crippen molar-refractivity contribution in [3.05, 3.63) is 0 Å². The molecule has 0 heterocycles. The Balaban J connectivity index is 0. The predicted molar refractivity (Wildman–Crippen MR) is 140 cm³/mol. The van der Waals surface area contributed by atoms with Crippen molar-refractivity contribution in [3.63, 3.8) is 0 Å². The van der Waals surface area contributed by atoms with Gasteiger partial charge in [0.05, 0.1) is 13.1 Å². The minimum absolute atomic E-state index is 0.194. The molecule has 9 nitrogen and oxygen atoms in total. The van der Waals surface area contributed by atoms with Crippen LogP contribution >= 0.6 is 0 Å². The standard InChI is InChI=1S/C28H60NO4.ClHO4/c1-7-9-10-11-12-13-14-15-16-17-18-19-20-21-22-23-24-29(8-2,25(3)32-27(5)30)26(4)33-28(6)31;2-1(3,4)5/h25-28,30-31H,7-24H2,1-6H3;(H,2,3,4,5)/q+1;/p-1. The SMILES string of the molecule is CCCCCCCCCCCCCCCCCC[N+](CC)(C(C)OC(C)O)C(C)OC(C)O.[O-][Cl+3]([O-])([O-])[O-]. The van der Waals surface area contributed by atoms with E-state index in [1.165, 1.54) is 96.3 Å². The fourth-order valence-electron chi connectivity index (χ4n) is 5.10. The van der Waals surface area contributed by atoms with Gasteiger partial charge in [-0.2, -0.15) is 0 Å². The molecule has 38 heavy (non-hydrogen) atoms. The highest BCUT2D eigenvalue weighted by molar-refractivity contribution is 4.53. The van der Waals surface area contributed by atoms with Crippen LogP contribution in [0.1, 0.15) is 144 Å². The maximum absolute atomic E-state index is 9.74. The number of hydrogen-bond donors (Lipinski definition) is 2. The molecular weight excluding hydrogens is 514 g/mol. The summed E-state index contributed by atoms with van der Waals surface area (Å²) in [7, 11) is -4.94. The van der Waals surface area contributed by atoms with Crippen molar-refractivity contribution >= 4 is 0 Å². The van der Waals surface area contributed by atoms with E-state index in [1.54, 1.807) is 13.8 Å². The number of quaternary nitrogens is 1. The number of rotatable bonds is 24. The molecule has 4 unspecified atom stereocenters. The molecule has 4 atom stereocenters. The van der Waals surface area contributed by atoms with E-state index >= 15 is 0 Å². The third-order valence-electron chi connectivity index (χ3n) is 7.25. The minimum Gasteiger partial charge on any atom is -0.368 e. The molecule has 0 aliphatic rings. The average molecular weight is 574 g/mol. The molecule has 0 aromatic carbocycles. The summed E-state index contributed by atoms with van der Waals surface area (Å²) in [5.74, 6) is 0. The van der Waals surface area contributed by atoms with Crippen LogP contribution in [0.15, 0.2) is 0 Å². The molecule has 232 valence electrons. The first kappa shape index (κ1) is 40.1. The fraction of sp³-hybridized carbons (Fsp3) is 1.00. The third kappa shape index (κ3) is 24.9. The van der Waals surface area contributed by atoms with E-state index in [0.29, 0.717) is 4.48 Å². The second kappa shape index (κ2) is 24.7. The van der Waals surface area contributed by atoms with E-state index in [4.69, 9.17) is 28.1 Å². The van der Waals surface area contributed by atoms with Crippen molar-refractivity contribution in [2.24, 2.45) is 0 Å². The molecule has 2 N–H and O–H groups in total. The summed E-state index contributed by atoms with van der Waals surface area (Å²) < 4.78 is 46.1. The van der Waals surface area contributed by atoms with Crippen LogP contribution in [0.25, 0.3) is 0 Å². The van der Waals surface area contributed by atoms with Crippen LogP contribution in [0, 0.1) is 10.2 Å². The molecule has 0 aromatic heterocycles. The first-order valence-electron chi connectivity index (χ1n) is 14.9. The Labute approximate surface area is 235 Å². The van der Waals surface area contributed by atoms with Crippen LogP contribution in [0.5, 0.6) is 0 Å². The molecule has 0 fully saturated rings. The molecule has 0 saturated carbocycles. The number of aliphatic hydroxyl groups excluding tert-OH is 2. The van der Waals surface area contributed by atoms with Crippen LogP contribution in [-0.2, 0) is 9.47 Å². The topological polar surface area (TPSA) is 151 Å². The van der Waals surface area contributed by atoms with E-state index in [2.05, 4.69) is 13.8 Å². The van der Waals surface area contributed by atoms with E-state index in [-0.39, 0.29) is 12.5 Å². The summed E-state index contributed by atoms with van der Waals surface area (Å²) >= 11 is 0. The van der Waals surface area contributed by atoms with E-state index < -0.39 is 22.8 Å². The molecule has 0 saturated heterocycles. The summed E-state index contributed by atoms with van der Waals surface area (Å²) in [5.41, 5.74) is 0. The Morgan fingerprint density at radius 1 is 0.553 bits per heavy atom. The highest BCUT2D eigenvalue weighted by Crippen LogP contribution is 2.25. The Morgan fingerprint density at radius 2 is 0.816 bits per heavy atom. The molecule has 0 amide bonds. The van der Waals surface area contributed by atoms with Crippen molar-refractivity contribution in [3.8, 4) is 0 Å². The summed E-state index contributed by atoms with van der Waals surface area (Å²) in [6.45, 7) is 13.5. The Bertz CT molecular complexity index is 484. The molecule has 0 spiro atoms. The van der Waals surface area contributed by atoms with Gasteiger partial charge in [0.25, 0.3) is 0 Å². The number of nitrogens with zero attached hydrogens (tertiary/aromatic N) is 1. The Hall–Kier alpha value is -0.0700. The summed E-state index contributed by atoms with van der Waals surface area (Å²) in [6, 6.07) is 0. The van der Waals surface area contributed by atoms with Crippen LogP contribution in [0.4, 0.5) is 0 Å². The van der Waals surface area contributed by atoms with Crippen LogP contribution in [0.2, 0.25) is 0 Å². The molecule has 0 bridgehead atoms. The van der Waals surface area contributed by atoms with Gasteiger partial charge in [0.15, 0.2) is 25.0 Å². The van der Waals surface area contributed by atoms with Crippen molar-refractivity contribution in [1.82, 2.24) is 0 Å². The molecule has 10 heteroatoms. The fourth-order valence-corrected chi connectivity index (χ4v) is 5.10. The first-order chi connectivity index (χ1) is 17.8. The third-order valence-corrected chi connectivity index (χ3v) is 7.25. The van der Waals surface area contributed by atoms with E-state index in [9.17, 15) is 10.2 Å². The van der Waals surface area contributed by atoms with Gasteiger partial charge in [-0.15, -0.1) is 10.2 Å². The number of halogens is 1. The Kier molecular flexibility index (Phi) is 26.1. The smallest absolute Gasteiger partial charge is 0.195 e. The monoisotopic (exact) mass is 573 g/mol. The highest BCUT2D eigenvalue weighted by atomic mass is 35.7. The maximum Gasteiger partial charge on any atom is 0.195 e. The molecule has 0 aliphatic heterocycles. The van der Waals surface area contributed by atoms with Gasteiger partial charge >= 0.3 is 0 Å². The largest absolute Gasteiger partial charge is 0.368 e. The summed E-state index contributed by atoms with van der Waals surface area (Å²) in [6.07, 6.45) is 19.8. The molecule has 0 aliphatic carbocycles. The zero-order chi connectivity index (χ0) is 29.5. The van der Waals surface area contributed by atoms with Crippen LogP contribution in [-0.4, -0.2) is 52.8 Å².